The maximum atomic E-state index is 10.7. The van der Waals surface area contributed by atoms with E-state index in [0.29, 0.717) is 6.04 Å². The Morgan fingerprint density at radius 3 is 1.94 bits per heavy atom. The highest BCUT2D eigenvalue weighted by molar-refractivity contribution is 7.09. The predicted molar refractivity (Wildman–Crippen MR) is 52.8 cm³/mol. The molecule has 0 aliphatic heterocycles. The number of rotatable bonds is 2. The van der Waals surface area contributed by atoms with E-state index in [1.807, 2.05) is 0 Å². The fourth-order valence-corrected chi connectivity index (χ4v) is 1.46. The van der Waals surface area contributed by atoms with Gasteiger partial charge < -0.3 is 5.11 Å². The van der Waals surface area contributed by atoms with Gasteiger partial charge in [-0.05, 0) is 20.8 Å². The van der Waals surface area contributed by atoms with E-state index in [4.69, 9.17) is 5.11 Å². The number of nitrogens with zero attached hydrogens (tertiary/aromatic N) is 1. The molecule has 0 saturated carbocycles. The largest absolute Gasteiger partial charge is 0.414 e. The number of thiazole rings is 1. The molecule has 1 rings (SSSR count). The van der Waals surface area contributed by atoms with Crippen LogP contribution in [0.3, 0.4) is 0 Å². The van der Waals surface area contributed by atoms with Crippen molar-refractivity contribution >= 4 is 11.3 Å². The normalized spacial score (nSPS) is 11.6. The minimum atomic E-state index is -4.83. The predicted octanol–water partition coefficient (Wildman–Crippen LogP) is 2.76. The first-order valence-corrected chi connectivity index (χ1v) is 5.36. The summed E-state index contributed by atoms with van der Waals surface area (Å²) >= 11 is 1.80. The maximum absolute atomic E-state index is 10.7. The van der Waals surface area contributed by atoms with E-state index in [1.165, 1.54) is 4.88 Å². The highest BCUT2D eigenvalue weighted by atomic mass is 32.1. The smallest absolute Gasteiger partial charge is 0.332 e. The molecular formula is C9H14F4NOS+. The lowest BCUT2D eigenvalue weighted by Crippen LogP contribution is -2.32. The van der Waals surface area contributed by atoms with Gasteiger partial charge in [-0.1, -0.05) is 11.3 Å². The summed E-state index contributed by atoms with van der Waals surface area (Å²) in [5.74, 6) is 0. The molecule has 0 bridgehead atoms. The summed E-state index contributed by atoms with van der Waals surface area (Å²) in [6, 6.07) is 0.606. The Bertz CT molecular complexity index is 309. The van der Waals surface area contributed by atoms with E-state index in [1.54, 1.807) is 11.3 Å². The summed E-state index contributed by atoms with van der Waals surface area (Å²) in [6.45, 7) is 6.50. The van der Waals surface area contributed by atoms with Gasteiger partial charge >= 0.3 is 12.5 Å². The van der Waals surface area contributed by atoms with Crippen LogP contribution in [0.4, 0.5) is 17.6 Å². The number of hydrogen-bond acceptors (Lipinski definition) is 2. The number of aromatic nitrogens is 1. The Kier molecular flexibility index (Phi) is 5.88. The van der Waals surface area contributed by atoms with Crippen LogP contribution in [0.25, 0.3) is 0 Å². The van der Waals surface area contributed by atoms with Crippen molar-refractivity contribution in [1.82, 2.24) is 0 Å². The number of aryl methyl sites for hydroxylation is 1. The number of aliphatic hydroxyl groups is 1. The van der Waals surface area contributed by atoms with Crippen LogP contribution < -0.4 is 4.57 Å². The van der Waals surface area contributed by atoms with Crippen molar-refractivity contribution in [2.75, 3.05) is 0 Å². The van der Waals surface area contributed by atoms with Gasteiger partial charge in [-0.25, -0.2) is 8.78 Å². The van der Waals surface area contributed by atoms with E-state index >= 15 is 0 Å². The zero-order valence-electron chi connectivity index (χ0n) is 9.12. The third-order valence-corrected chi connectivity index (χ3v) is 2.38. The van der Waals surface area contributed by atoms with Crippen molar-refractivity contribution in [1.29, 1.82) is 0 Å². The van der Waals surface area contributed by atoms with Gasteiger partial charge in [0.15, 0.2) is 12.2 Å². The minimum absolute atomic E-state index is 0.606. The van der Waals surface area contributed by atoms with Gasteiger partial charge in [0.2, 0.25) is 5.51 Å². The van der Waals surface area contributed by atoms with Crippen LogP contribution in [0.1, 0.15) is 24.8 Å². The quantitative estimate of drug-likeness (QED) is 0.641. The maximum Gasteiger partial charge on any atom is 0.414 e. The molecule has 0 spiro atoms. The number of hydrogen-bond donors (Lipinski definition) is 1. The molecule has 7 heteroatoms. The molecule has 0 fully saturated rings. The Hall–Kier alpha value is -0.690. The minimum Gasteiger partial charge on any atom is -0.332 e. The van der Waals surface area contributed by atoms with Crippen molar-refractivity contribution in [3.63, 3.8) is 0 Å². The summed E-state index contributed by atoms with van der Waals surface area (Å²) < 4.78 is 44.6. The zero-order valence-corrected chi connectivity index (χ0v) is 9.94. The van der Waals surface area contributed by atoms with Crippen molar-refractivity contribution < 1.29 is 27.2 Å². The van der Waals surface area contributed by atoms with Crippen molar-refractivity contribution in [2.24, 2.45) is 0 Å². The van der Waals surface area contributed by atoms with Gasteiger partial charge in [-0.3, -0.25) is 0 Å². The summed E-state index contributed by atoms with van der Waals surface area (Å²) in [5.41, 5.74) is 2.15. The molecule has 0 aliphatic carbocycles. The summed E-state index contributed by atoms with van der Waals surface area (Å²) in [7, 11) is 0. The topological polar surface area (TPSA) is 24.1 Å². The first kappa shape index (κ1) is 15.3. The zero-order chi connectivity index (χ0) is 12.9. The van der Waals surface area contributed by atoms with Crippen LogP contribution >= 0.6 is 11.3 Å². The van der Waals surface area contributed by atoms with Crippen molar-refractivity contribution in [3.8, 4) is 0 Å². The fourth-order valence-electron chi connectivity index (χ4n) is 0.686. The van der Waals surface area contributed by atoms with Gasteiger partial charge in [0.25, 0.3) is 0 Å². The third-order valence-electron chi connectivity index (χ3n) is 1.55. The van der Waals surface area contributed by atoms with Gasteiger partial charge in [-0.15, -0.1) is 0 Å². The summed E-state index contributed by atoms with van der Waals surface area (Å²) in [6.07, 6.45) is -6.64. The Morgan fingerprint density at radius 1 is 1.38 bits per heavy atom. The first-order chi connectivity index (χ1) is 7.14. The molecule has 1 aromatic rings. The average Bonchev–Trinajstić information content (AvgIpc) is 2.51. The van der Waals surface area contributed by atoms with E-state index in [9.17, 15) is 17.6 Å². The molecule has 0 amide bonds. The molecule has 1 N–H and O–H groups in total. The van der Waals surface area contributed by atoms with Crippen LogP contribution in [0.5, 0.6) is 0 Å². The lowest BCUT2D eigenvalue weighted by atomic mass is 10.4. The van der Waals surface area contributed by atoms with Gasteiger partial charge in [-0.2, -0.15) is 13.3 Å². The summed E-state index contributed by atoms with van der Waals surface area (Å²) in [4.78, 5) is 1.38. The second-order valence-corrected chi connectivity index (χ2v) is 4.48. The highest BCUT2D eigenvalue weighted by Gasteiger charge is 2.37. The molecule has 0 aromatic carbocycles. The highest BCUT2D eigenvalue weighted by Crippen LogP contribution is 2.17. The second-order valence-electron chi connectivity index (χ2n) is 3.39. The van der Waals surface area contributed by atoms with Crippen LogP contribution in [0.15, 0.2) is 11.7 Å². The SMILES string of the molecule is Cc1c[n+](C(C)C)cs1.OC(F)(F)C(F)F. The van der Waals surface area contributed by atoms with E-state index in [-0.39, 0.29) is 0 Å². The Balaban J connectivity index is 0.000000293. The van der Waals surface area contributed by atoms with Crippen LogP contribution in [0, 0.1) is 6.92 Å². The molecule has 1 heterocycles. The number of alkyl halides is 4. The van der Waals surface area contributed by atoms with E-state index in [2.05, 4.69) is 37.0 Å². The second kappa shape index (κ2) is 6.15. The average molecular weight is 260 g/mol. The lowest BCUT2D eigenvalue weighted by Gasteiger charge is -2.03. The monoisotopic (exact) mass is 260 g/mol. The fraction of sp³-hybridized carbons (Fsp3) is 0.667. The molecule has 0 saturated heterocycles. The standard InChI is InChI=1S/C7H12NS.C2H2F4O/c1-6(2)8-4-7(3)9-5-8;3-1(4)2(5,6)7/h4-6H,1-3H3;1,7H/q+1;. The van der Waals surface area contributed by atoms with Gasteiger partial charge in [0.05, 0.1) is 4.88 Å². The van der Waals surface area contributed by atoms with Crippen LogP contribution in [-0.2, 0) is 0 Å². The van der Waals surface area contributed by atoms with Gasteiger partial charge in [0, 0.05) is 0 Å². The lowest BCUT2D eigenvalue weighted by molar-refractivity contribution is -0.711. The molecule has 94 valence electrons. The van der Waals surface area contributed by atoms with Crippen LogP contribution in [0.2, 0.25) is 0 Å². The van der Waals surface area contributed by atoms with Crippen molar-refractivity contribution in [3.05, 3.63) is 16.6 Å². The third kappa shape index (κ3) is 6.02. The van der Waals surface area contributed by atoms with Gasteiger partial charge in [0.1, 0.15) is 0 Å². The summed E-state index contributed by atoms with van der Waals surface area (Å²) in [5, 5.41) is 7.01. The Labute approximate surface area is 95.2 Å². The van der Waals surface area contributed by atoms with Crippen LogP contribution in [-0.4, -0.2) is 17.6 Å². The van der Waals surface area contributed by atoms with E-state index < -0.39 is 12.5 Å². The molecular weight excluding hydrogens is 246 g/mol. The molecule has 0 aliphatic rings. The molecule has 16 heavy (non-hydrogen) atoms. The molecule has 0 atom stereocenters. The molecule has 2 nitrogen and oxygen atoms in total. The number of halogens is 4. The molecule has 1 aromatic heterocycles. The Morgan fingerprint density at radius 2 is 1.81 bits per heavy atom. The molecule has 0 radical (unpaired) electrons. The van der Waals surface area contributed by atoms with E-state index in [0.717, 1.165) is 0 Å². The van der Waals surface area contributed by atoms with Crippen molar-refractivity contribution in [2.45, 2.75) is 39.3 Å². The first-order valence-electron chi connectivity index (χ1n) is 4.48. The molecule has 0 unspecified atom stereocenters.